The summed E-state index contributed by atoms with van der Waals surface area (Å²) in [6.45, 7) is 7.44. The van der Waals surface area contributed by atoms with E-state index in [4.69, 9.17) is 14.0 Å². The number of anilines is 2. The second-order valence-corrected chi connectivity index (χ2v) is 13.2. The first-order chi connectivity index (χ1) is 22.2. The van der Waals surface area contributed by atoms with E-state index in [1.165, 1.54) is 19.2 Å². The lowest BCUT2D eigenvalue weighted by molar-refractivity contribution is -0.140. The van der Waals surface area contributed by atoms with Crippen molar-refractivity contribution in [2.24, 2.45) is 0 Å². The summed E-state index contributed by atoms with van der Waals surface area (Å²) in [6.07, 6.45) is -10.3. The maximum Gasteiger partial charge on any atom is 0.494 e. The van der Waals surface area contributed by atoms with Gasteiger partial charge in [-0.15, -0.1) is 11.3 Å². The standard InChI is InChI=1S/C32H28BF7N2O5S/c1-29(2)30(3,4)47-33(46-29)17-7-11-23(45-5)20(13-17)28(44)42-27-19-9-6-16(31(35,36)37)12-24(19)48-25(27)15-26(43)41-18-8-10-22(34)21(14-18)32(38,39)40/h6-14H,15H2,1-5H3,(H,41,43)(H,42,44). The molecule has 2 heterocycles. The van der Waals surface area contributed by atoms with Gasteiger partial charge in [-0.3, -0.25) is 9.59 Å². The van der Waals surface area contributed by atoms with Gasteiger partial charge in [0.25, 0.3) is 5.91 Å². The summed E-state index contributed by atoms with van der Waals surface area (Å²) < 4.78 is 112. The van der Waals surface area contributed by atoms with Gasteiger partial charge in [-0.25, -0.2) is 4.39 Å². The number of ether oxygens (including phenoxy) is 1. The monoisotopic (exact) mass is 696 g/mol. The Labute approximate surface area is 274 Å². The van der Waals surface area contributed by atoms with Crippen molar-refractivity contribution in [3.63, 3.8) is 0 Å². The number of nitrogens with one attached hydrogen (secondary N) is 2. The van der Waals surface area contributed by atoms with Gasteiger partial charge in [0.05, 0.1) is 47.1 Å². The van der Waals surface area contributed by atoms with Crippen molar-refractivity contribution in [2.45, 2.75) is 57.7 Å². The predicted octanol–water partition coefficient (Wildman–Crippen LogP) is 7.82. The van der Waals surface area contributed by atoms with Crippen LogP contribution in [0.15, 0.2) is 54.6 Å². The van der Waals surface area contributed by atoms with Crippen LogP contribution < -0.4 is 20.8 Å². The van der Waals surface area contributed by atoms with Crippen LogP contribution in [-0.4, -0.2) is 37.2 Å². The first kappa shape index (κ1) is 35.2. The first-order valence-electron chi connectivity index (χ1n) is 14.3. The maximum atomic E-state index is 13.8. The zero-order valence-electron chi connectivity index (χ0n) is 26.1. The molecule has 7 nitrogen and oxygen atoms in total. The number of methoxy groups -OCH3 is 1. The van der Waals surface area contributed by atoms with Crippen molar-refractivity contribution in [1.29, 1.82) is 0 Å². The van der Waals surface area contributed by atoms with E-state index in [2.05, 4.69) is 10.6 Å². The summed E-state index contributed by atoms with van der Waals surface area (Å²) in [6, 6.07) is 9.44. The molecule has 0 aliphatic carbocycles. The van der Waals surface area contributed by atoms with E-state index in [1.807, 2.05) is 27.7 Å². The molecule has 2 N–H and O–H groups in total. The van der Waals surface area contributed by atoms with Gasteiger partial charge in [0.15, 0.2) is 0 Å². The van der Waals surface area contributed by atoms with E-state index < -0.39 is 65.9 Å². The minimum Gasteiger partial charge on any atom is -0.496 e. The fourth-order valence-electron chi connectivity index (χ4n) is 4.97. The van der Waals surface area contributed by atoms with Crippen molar-refractivity contribution >= 4 is 57.2 Å². The van der Waals surface area contributed by atoms with Gasteiger partial charge in [-0.1, -0.05) is 12.1 Å². The molecule has 0 atom stereocenters. The van der Waals surface area contributed by atoms with Crippen LogP contribution in [0.25, 0.3) is 10.1 Å². The smallest absolute Gasteiger partial charge is 0.494 e. The Balaban J connectivity index is 1.49. The molecule has 1 aliphatic heterocycles. The number of fused-ring (bicyclic) bond motifs is 1. The molecule has 1 aliphatic rings. The molecular formula is C32H28BF7N2O5S. The molecule has 1 saturated heterocycles. The van der Waals surface area contributed by atoms with Gasteiger partial charge in [0.1, 0.15) is 11.6 Å². The number of carbonyl (C=O) groups is 2. The minimum atomic E-state index is -5.02. The summed E-state index contributed by atoms with van der Waals surface area (Å²) in [5, 5.41) is 5.13. The Morgan fingerprint density at radius 1 is 0.875 bits per heavy atom. The molecule has 0 bridgehead atoms. The van der Waals surface area contributed by atoms with E-state index in [-0.39, 0.29) is 37.7 Å². The lowest BCUT2D eigenvalue weighted by Crippen LogP contribution is -2.41. The maximum absolute atomic E-state index is 13.8. The third-order valence-electron chi connectivity index (χ3n) is 8.20. The van der Waals surface area contributed by atoms with Crippen molar-refractivity contribution in [1.82, 2.24) is 0 Å². The van der Waals surface area contributed by atoms with Gasteiger partial charge in [-0.2, -0.15) is 26.3 Å². The van der Waals surface area contributed by atoms with Crippen LogP contribution in [0.4, 0.5) is 42.1 Å². The number of alkyl halides is 6. The van der Waals surface area contributed by atoms with Crippen molar-refractivity contribution < 1.29 is 54.4 Å². The SMILES string of the molecule is COc1ccc(B2OC(C)(C)C(C)(C)O2)cc1C(=O)Nc1c(CC(=O)Nc2ccc(F)c(C(F)(F)F)c2)sc2cc(C(F)(F)F)ccc12. The molecular weight excluding hydrogens is 668 g/mol. The summed E-state index contributed by atoms with van der Waals surface area (Å²) in [5.41, 5.74) is -3.74. The van der Waals surface area contributed by atoms with Crippen LogP contribution in [0.2, 0.25) is 0 Å². The number of thiophene rings is 1. The van der Waals surface area contributed by atoms with Crippen LogP contribution >= 0.6 is 11.3 Å². The Morgan fingerprint density at radius 2 is 1.54 bits per heavy atom. The quantitative estimate of drug-likeness (QED) is 0.152. The highest BCUT2D eigenvalue weighted by Gasteiger charge is 2.52. The van der Waals surface area contributed by atoms with E-state index in [9.17, 15) is 40.3 Å². The van der Waals surface area contributed by atoms with Crippen molar-refractivity contribution in [3.05, 3.63) is 82.0 Å². The summed E-state index contributed by atoms with van der Waals surface area (Å²) in [7, 11) is 0.507. The second kappa shape index (κ2) is 12.4. The molecule has 0 spiro atoms. The van der Waals surface area contributed by atoms with Gasteiger partial charge in [-0.05, 0) is 75.6 Å². The highest BCUT2D eigenvalue weighted by atomic mass is 32.1. The van der Waals surface area contributed by atoms with E-state index in [0.717, 1.165) is 35.6 Å². The zero-order chi connectivity index (χ0) is 35.4. The molecule has 2 amide bonds. The fraction of sp³-hybridized carbons (Fsp3) is 0.312. The first-order valence-corrected chi connectivity index (χ1v) is 15.2. The van der Waals surface area contributed by atoms with Gasteiger partial charge in [0, 0.05) is 20.7 Å². The average molecular weight is 696 g/mol. The molecule has 16 heteroatoms. The van der Waals surface area contributed by atoms with Crippen LogP contribution in [-0.2, 0) is 32.9 Å². The van der Waals surface area contributed by atoms with Gasteiger partial charge < -0.3 is 24.7 Å². The Kier molecular flexibility index (Phi) is 9.08. The molecule has 1 aromatic heterocycles. The number of halogens is 7. The molecule has 4 aromatic rings. The lowest BCUT2D eigenvalue weighted by atomic mass is 9.78. The number of hydrogen-bond donors (Lipinski definition) is 2. The van der Waals surface area contributed by atoms with Crippen LogP contribution in [0.3, 0.4) is 0 Å². The molecule has 5 rings (SSSR count). The second-order valence-electron chi connectivity index (χ2n) is 12.0. The number of benzene rings is 3. The largest absolute Gasteiger partial charge is 0.496 e. The van der Waals surface area contributed by atoms with Crippen molar-refractivity contribution in [3.8, 4) is 5.75 Å². The minimum absolute atomic E-state index is 0.0158. The Hall–Kier alpha value is -4.15. The third-order valence-corrected chi connectivity index (χ3v) is 9.35. The van der Waals surface area contributed by atoms with E-state index in [1.54, 1.807) is 6.07 Å². The molecule has 1 fully saturated rings. The summed E-state index contributed by atoms with van der Waals surface area (Å²) in [4.78, 5) is 26.9. The highest BCUT2D eigenvalue weighted by molar-refractivity contribution is 7.20. The molecule has 48 heavy (non-hydrogen) atoms. The van der Waals surface area contributed by atoms with Crippen molar-refractivity contribution in [2.75, 3.05) is 17.7 Å². The molecule has 0 saturated carbocycles. The number of rotatable bonds is 7. The lowest BCUT2D eigenvalue weighted by Gasteiger charge is -2.32. The van der Waals surface area contributed by atoms with Crippen LogP contribution in [0, 0.1) is 5.82 Å². The topological polar surface area (TPSA) is 85.9 Å². The highest BCUT2D eigenvalue weighted by Crippen LogP contribution is 2.41. The molecule has 0 unspecified atom stereocenters. The Bertz CT molecular complexity index is 1890. The van der Waals surface area contributed by atoms with E-state index >= 15 is 0 Å². The van der Waals surface area contributed by atoms with Gasteiger partial charge in [0.2, 0.25) is 5.91 Å². The zero-order valence-corrected chi connectivity index (χ0v) is 26.9. The summed E-state index contributed by atoms with van der Waals surface area (Å²) >= 11 is 0.786. The normalized spacial score (nSPS) is 15.9. The molecule has 254 valence electrons. The van der Waals surface area contributed by atoms with Crippen LogP contribution in [0.5, 0.6) is 5.75 Å². The third kappa shape index (κ3) is 7.01. The Morgan fingerprint density at radius 3 is 2.15 bits per heavy atom. The molecule has 3 aromatic carbocycles. The van der Waals surface area contributed by atoms with E-state index in [0.29, 0.717) is 17.6 Å². The predicted molar refractivity (Wildman–Crippen MR) is 167 cm³/mol. The van der Waals surface area contributed by atoms with Crippen LogP contribution in [0.1, 0.15) is 54.1 Å². The molecule has 0 radical (unpaired) electrons. The number of hydrogen-bond acceptors (Lipinski definition) is 6. The fourth-order valence-corrected chi connectivity index (χ4v) is 6.16. The summed E-state index contributed by atoms with van der Waals surface area (Å²) in [5.74, 6) is -2.98. The average Bonchev–Trinajstić information content (AvgIpc) is 3.42. The van der Waals surface area contributed by atoms with Gasteiger partial charge >= 0.3 is 19.5 Å². The number of carbonyl (C=O) groups excluding carboxylic acids is 2. The number of amides is 2.